The third kappa shape index (κ3) is 3.81. The molecule has 6 heteroatoms. The first kappa shape index (κ1) is 16.4. The van der Waals surface area contributed by atoms with Gasteiger partial charge < -0.3 is 9.64 Å². The SMILES string of the molecule is CCOC(=O)C(C)CN(C(=O)c1ccc(F)cc1F)C1CC1. The second-order valence-corrected chi connectivity index (χ2v) is 5.47. The van der Waals surface area contributed by atoms with Crippen LogP contribution in [0.25, 0.3) is 0 Å². The van der Waals surface area contributed by atoms with Crippen molar-refractivity contribution in [2.24, 2.45) is 5.92 Å². The predicted molar refractivity (Wildman–Crippen MR) is 76.2 cm³/mol. The van der Waals surface area contributed by atoms with E-state index in [9.17, 15) is 18.4 Å². The van der Waals surface area contributed by atoms with E-state index in [-0.39, 0.29) is 30.7 Å². The molecule has 2 rings (SSSR count). The summed E-state index contributed by atoms with van der Waals surface area (Å²) in [6, 6.07) is 2.88. The molecule has 0 radical (unpaired) electrons. The van der Waals surface area contributed by atoms with Gasteiger partial charge in [0.1, 0.15) is 11.6 Å². The number of benzene rings is 1. The van der Waals surface area contributed by atoms with Gasteiger partial charge in [-0.1, -0.05) is 6.92 Å². The van der Waals surface area contributed by atoms with Gasteiger partial charge in [0.2, 0.25) is 0 Å². The van der Waals surface area contributed by atoms with Gasteiger partial charge in [0.15, 0.2) is 0 Å². The van der Waals surface area contributed by atoms with Crippen LogP contribution in [-0.2, 0) is 9.53 Å². The summed E-state index contributed by atoms with van der Waals surface area (Å²) in [5.41, 5.74) is -0.177. The van der Waals surface area contributed by atoms with Crippen molar-refractivity contribution in [2.45, 2.75) is 32.7 Å². The first-order valence-electron chi connectivity index (χ1n) is 7.36. The Balaban J connectivity index is 2.14. The second kappa shape index (κ2) is 6.85. The minimum atomic E-state index is -0.889. The van der Waals surface area contributed by atoms with Crippen molar-refractivity contribution < 1.29 is 23.1 Å². The Morgan fingerprint density at radius 1 is 1.36 bits per heavy atom. The van der Waals surface area contributed by atoms with E-state index >= 15 is 0 Å². The molecule has 0 aromatic heterocycles. The van der Waals surface area contributed by atoms with Crippen molar-refractivity contribution >= 4 is 11.9 Å². The van der Waals surface area contributed by atoms with Crippen LogP contribution in [0.3, 0.4) is 0 Å². The maximum atomic E-state index is 13.8. The van der Waals surface area contributed by atoms with Crippen molar-refractivity contribution in [1.29, 1.82) is 0 Å². The highest BCUT2D eigenvalue weighted by molar-refractivity contribution is 5.95. The Kier molecular flexibility index (Phi) is 5.11. The quantitative estimate of drug-likeness (QED) is 0.759. The Hall–Kier alpha value is -1.98. The van der Waals surface area contributed by atoms with Crippen LogP contribution in [0.4, 0.5) is 8.78 Å². The Morgan fingerprint density at radius 3 is 2.59 bits per heavy atom. The number of hydrogen-bond acceptors (Lipinski definition) is 3. The van der Waals surface area contributed by atoms with Crippen LogP contribution in [0.15, 0.2) is 18.2 Å². The number of esters is 1. The largest absolute Gasteiger partial charge is 0.466 e. The van der Waals surface area contributed by atoms with Crippen LogP contribution in [-0.4, -0.2) is 36.0 Å². The van der Waals surface area contributed by atoms with Crippen molar-refractivity contribution in [3.63, 3.8) is 0 Å². The lowest BCUT2D eigenvalue weighted by Crippen LogP contribution is -2.39. The average molecular weight is 311 g/mol. The van der Waals surface area contributed by atoms with Gasteiger partial charge in [-0.25, -0.2) is 8.78 Å². The maximum Gasteiger partial charge on any atom is 0.310 e. The Labute approximate surface area is 128 Å². The van der Waals surface area contributed by atoms with Gasteiger partial charge in [0.25, 0.3) is 5.91 Å². The summed E-state index contributed by atoms with van der Waals surface area (Å²) in [5.74, 6) is -3.02. The highest BCUT2D eigenvalue weighted by atomic mass is 19.1. The fourth-order valence-corrected chi connectivity index (χ4v) is 2.26. The lowest BCUT2D eigenvalue weighted by Gasteiger charge is -2.25. The van der Waals surface area contributed by atoms with E-state index in [0.29, 0.717) is 6.07 Å². The van der Waals surface area contributed by atoms with Crippen LogP contribution >= 0.6 is 0 Å². The van der Waals surface area contributed by atoms with E-state index in [0.717, 1.165) is 25.0 Å². The highest BCUT2D eigenvalue weighted by Crippen LogP contribution is 2.29. The summed E-state index contributed by atoms with van der Waals surface area (Å²) in [4.78, 5) is 25.7. The standard InChI is InChI=1S/C16H19F2NO3/c1-3-22-16(21)10(2)9-19(12-5-6-12)15(20)13-7-4-11(17)8-14(13)18/h4,7-8,10,12H,3,5-6,9H2,1-2H3. The predicted octanol–water partition coefficient (Wildman–Crippen LogP) is 2.77. The molecular formula is C16H19F2NO3. The number of hydrogen-bond donors (Lipinski definition) is 0. The van der Waals surface area contributed by atoms with Crippen molar-refractivity contribution in [2.75, 3.05) is 13.2 Å². The molecule has 1 aromatic rings. The molecule has 0 spiro atoms. The molecule has 1 amide bonds. The Morgan fingerprint density at radius 2 is 2.05 bits per heavy atom. The number of rotatable bonds is 6. The number of amides is 1. The van der Waals surface area contributed by atoms with Gasteiger partial charge in [-0.15, -0.1) is 0 Å². The van der Waals surface area contributed by atoms with Crippen molar-refractivity contribution in [1.82, 2.24) is 4.90 Å². The minimum absolute atomic E-state index is 0.00818. The number of halogens is 2. The Bertz CT molecular complexity index is 573. The lowest BCUT2D eigenvalue weighted by atomic mass is 10.1. The third-order valence-electron chi connectivity index (χ3n) is 3.57. The molecule has 0 aliphatic heterocycles. The molecule has 120 valence electrons. The zero-order chi connectivity index (χ0) is 16.3. The molecule has 22 heavy (non-hydrogen) atoms. The summed E-state index contributed by atoms with van der Waals surface area (Å²) in [7, 11) is 0. The molecule has 4 nitrogen and oxygen atoms in total. The number of carbonyl (C=O) groups excluding carboxylic acids is 2. The molecule has 0 N–H and O–H groups in total. The molecule has 1 unspecified atom stereocenters. The van der Waals surface area contributed by atoms with Gasteiger partial charge >= 0.3 is 5.97 Å². The summed E-state index contributed by atoms with van der Waals surface area (Å²) in [6.07, 6.45) is 1.65. The van der Waals surface area contributed by atoms with Crippen LogP contribution in [0.5, 0.6) is 0 Å². The van der Waals surface area contributed by atoms with E-state index in [2.05, 4.69) is 0 Å². The fraction of sp³-hybridized carbons (Fsp3) is 0.500. The topological polar surface area (TPSA) is 46.6 Å². The van der Waals surface area contributed by atoms with E-state index in [1.165, 1.54) is 4.90 Å². The van der Waals surface area contributed by atoms with Crippen LogP contribution in [0, 0.1) is 17.6 Å². The zero-order valence-corrected chi connectivity index (χ0v) is 12.6. The summed E-state index contributed by atoms with van der Waals surface area (Å²) in [6.45, 7) is 3.82. The van der Waals surface area contributed by atoms with Gasteiger partial charge in [0.05, 0.1) is 18.1 Å². The third-order valence-corrected chi connectivity index (χ3v) is 3.57. The molecule has 1 aliphatic rings. The van der Waals surface area contributed by atoms with E-state index in [1.807, 2.05) is 0 Å². The van der Waals surface area contributed by atoms with Crippen molar-refractivity contribution in [3.8, 4) is 0 Å². The first-order chi connectivity index (χ1) is 10.4. The number of nitrogens with zero attached hydrogens (tertiary/aromatic N) is 1. The molecule has 1 fully saturated rings. The van der Waals surface area contributed by atoms with E-state index in [1.54, 1.807) is 13.8 Å². The van der Waals surface area contributed by atoms with Crippen LogP contribution < -0.4 is 0 Å². The smallest absolute Gasteiger partial charge is 0.310 e. The molecule has 1 atom stereocenters. The minimum Gasteiger partial charge on any atom is -0.466 e. The molecule has 0 saturated heterocycles. The molecule has 1 saturated carbocycles. The van der Waals surface area contributed by atoms with Crippen LogP contribution in [0.1, 0.15) is 37.0 Å². The van der Waals surface area contributed by atoms with Gasteiger partial charge in [-0.05, 0) is 31.9 Å². The summed E-state index contributed by atoms with van der Waals surface area (Å²) in [5, 5.41) is 0. The number of carbonyl (C=O) groups is 2. The normalized spacial score (nSPS) is 15.3. The maximum absolute atomic E-state index is 13.8. The summed E-state index contributed by atoms with van der Waals surface area (Å²) < 4.78 is 31.7. The van der Waals surface area contributed by atoms with E-state index in [4.69, 9.17) is 4.74 Å². The zero-order valence-electron chi connectivity index (χ0n) is 12.6. The molecule has 0 heterocycles. The molecule has 0 bridgehead atoms. The monoisotopic (exact) mass is 311 g/mol. The lowest BCUT2D eigenvalue weighted by molar-refractivity contribution is -0.147. The number of ether oxygens (including phenoxy) is 1. The van der Waals surface area contributed by atoms with Gasteiger partial charge in [-0.2, -0.15) is 0 Å². The van der Waals surface area contributed by atoms with Gasteiger partial charge in [0, 0.05) is 18.7 Å². The second-order valence-electron chi connectivity index (χ2n) is 5.47. The van der Waals surface area contributed by atoms with Gasteiger partial charge in [-0.3, -0.25) is 9.59 Å². The van der Waals surface area contributed by atoms with Crippen molar-refractivity contribution in [3.05, 3.63) is 35.4 Å². The fourth-order valence-electron chi connectivity index (χ4n) is 2.26. The van der Waals surface area contributed by atoms with E-state index < -0.39 is 23.5 Å². The van der Waals surface area contributed by atoms with Crippen LogP contribution in [0.2, 0.25) is 0 Å². The first-order valence-corrected chi connectivity index (χ1v) is 7.36. The molecule has 1 aliphatic carbocycles. The summed E-state index contributed by atoms with van der Waals surface area (Å²) >= 11 is 0. The molecular weight excluding hydrogens is 292 g/mol. The molecule has 1 aromatic carbocycles. The highest BCUT2D eigenvalue weighted by Gasteiger charge is 2.36. The average Bonchev–Trinajstić information content (AvgIpc) is 3.28.